The van der Waals surface area contributed by atoms with Crippen LogP contribution in [0.15, 0.2) is 22.9 Å². The molecule has 0 unspecified atom stereocenters. The van der Waals surface area contributed by atoms with Gasteiger partial charge in [0.15, 0.2) is 0 Å². The fourth-order valence-electron chi connectivity index (χ4n) is 2.42. The van der Waals surface area contributed by atoms with E-state index in [1.54, 1.807) is 0 Å². The van der Waals surface area contributed by atoms with Gasteiger partial charge in [0.05, 0.1) is 0 Å². The van der Waals surface area contributed by atoms with Crippen molar-refractivity contribution in [1.29, 1.82) is 0 Å². The van der Waals surface area contributed by atoms with Crippen LogP contribution in [0.5, 0.6) is 0 Å². The van der Waals surface area contributed by atoms with Crippen LogP contribution < -0.4 is 5.32 Å². The number of halogens is 1. The Balaban J connectivity index is 1.82. The summed E-state index contributed by atoms with van der Waals surface area (Å²) < 4.78 is 1.06. The molecular formula is C13H20BrN3. The van der Waals surface area contributed by atoms with E-state index in [0.29, 0.717) is 0 Å². The first-order valence-corrected chi connectivity index (χ1v) is 7.02. The van der Waals surface area contributed by atoms with Crippen molar-refractivity contribution >= 4 is 15.9 Å². The summed E-state index contributed by atoms with van der Waals surface area (Å²) in [5.41, 5.74) is 1.27. The molecule has 0 aromatic carbocycles. The molecule has 0 aliphatic carbocycles. The Morgan fingerprint density at radius 1 is 1.41 bits per heavy atom. The molecule has 2 rings (SSSR count). The van der Waals surface area contributed by atoms with E-state index in [4.69, 9.17) is 0 Å². The van der Waals surface area contributed by atoms with Gasteiger partial charge in [-0.15, -0.1) is 0 Å². The van der Waals surface area contributed by atoms with Crippen LogP contribution in [0.2, 0.25) is 0 Å². The van der Waals surface area contributed by atoms with E-state index in [-0.39, 0.29) is 0 Å². The molecule has 0 bridgehead atoms. The van der Waals surface area contributed by atoms with Crippen LogP contribution in [-0.2, 0) is 6.54 Å². The molecule has 17 heavy (non-hydrogen) atoms. The van der Waals surface area contributed by atoms with Crippen molar-refractivity contribution in [2.24, 2.45) is 5.92 Å². The molecule has 1 fully saturated rings. The lowest BCUT2D eigenvalue weighted by molar-refractivity contribution is 0.234. The molecule has 1 N–H and O–H groups in total. The number of nitrogens with one attached hydrogen (secondary N) is 1. The van der Waals surface area contributed by atoms with Crippen molar-refractivity contribution in [3.63, 3.8) is 0 Å². The third-order valence-electron chi connectivity index (χ3n) is 3.24. The van der Waals surface area contributed by atoms with Gasteiger partial charge in [0.2, 0.25) is 0 Å². The molecule has 1 aliphatic heterocycles. The molecule has 2 heterocycles. The van der Waals surface area contributed by atoms with Crippen LogP contribution >= 0.6 is 15.9 Å². The highest BCUT2D eigenvalue weighted by Crippen LogP contribution is 2.15. The molecule has 0 spiro atoms. The summed E-state index contributed by atoms with van der Waals surface area (Å²) in [5, 5.41) is 3.41. The molecular weight excluding hydrogens is 278 g/mol. The molecule has 3 nitrogen and oxygen atoms in total. The highest BCUT2D eigenvalue weighted by molar-refractivity contribution is 9.10. The SMILES string of the molecule is CN(Cc1cncc(Br)c1)CC1CCNCC1. The summed E-state index contributed by atoms with van der Waals surface area (Å²) >= 11 is 3.46. The summed E-state index contributed by atoms with van der Waals surface area (Å²) in [6, 6.07) is 2.14. The molecule has 1 aromatic heterocycles. The average molecular weight is 298 g/mol. The lowest BCUT2D eigenvalue weighted by Gasteiger charge is -2.27. The maximum atomic E-state index is 4.20. The van der Waals surface area contributed by atoms with E-state index in [1.807, 2.05) is 12.4 Å². The van der Waals surface area contributed by atoms with E-state index < -0.39 is 0 Å². The van der Waals surface area contributed by atoms with Crippen LogP contribution in [0.3, 0.4) is 0 Å². The Morgan fingerprint density at radius 2 is 2.18 bits per heavy atom. The number of hydrogen-bond acceptors (Lipinski definition) is 3. The van der Waals surface area contributed by atoms with Gasteiger partial charge in [-0.3, -0.25) is 4.98 Å². The Hall–Kier alpha value is -0.450. The molecule has 0 atom stereocenters. The second-order valence-corrected chi connectivity index (χ2v) is 5.82. The standard InChI is InChI=1S/C13H20BrN3/c1-17(9-11-2-4-15-5-3-11)10-12-6-13(14)8-16-7-12/h6-8,11,15H,2-5,9-10H2,1H3. The van der Waals surface area contributed by atoms with E-state index >= 15 is 0 Å². The first-order chi connectivity index (χ1) is 8.24. The van der Waals surface area contributed by atoms with Crippen molar-refractivity contribution in [3.8, 4) is 0 Å². The summed E-state index contributed by atoms with van der Waals surface area (Å²) in [4.78, 5) is 6.60. The van der Waals surface area contributed by atoms with Crippen molar-refractivity contribution < 1.29 is 0 Å². The largest absolute Gasteiger partial charge is 0.317 e. The van der Waals surface area contributed by atoms with Crippen LogP contribution in [0.1, 0.15) is 18.4 Å². The quantitative estimate of drug-likeness (QED) is 0.924. The molecule has 0 amide bonds. The summed E-state index contributed by atoms with van der Waals surface area (Å²) in [6.07, 6.45) is 6.39. The zero-order chi connectivity index (χ0) is 12.1. The van der Waals surface area contributed by atoms with E-state index in [9.17, 15) is 0 Å². The number of hydrogen-bond donors (Lipinski definition) is 1. The van der Waals surface area contributed by atoms with Crippen LogP contribution in [0, 0.1) is 5.92 Å². The van der Waals surface area contributed by atoms with Gasteiger partial charge in [-0.25, -0.2) is 0 Å². The maximum Gasteiger partial charge on any atom is 0.0410 e. The fraction of sp³-hybridized carbons (Fsp3) is 0.615. The van der Waals surface area contributed by atoms with Crippen molar-refractivity contribution in [1.82, 2.24) is 15.2 Å². The number of piperidine rings is 1. The number of aromatic nitrogens is 1. The van der Waals surface area contributed by atoms with Crippen molar-refractivity contribution in [2.75, 3.05) is 26.7 Å². The minimum absolute atomic E-state index is 0.848. The molecule has 1 aliphatic rings. The van der Waals surface area contributed by atoms with Gasteiger partial charge in [-0.05, 0) is 66.5 Å². The number of pyridine rings is 1. The molecule has 1 saturated heterocycles. The lowest BCUT2D eigenvalue weighted by Crippen LogP contribution is -2.34. The minimum Gasteiger partial charge on any atom is -0.317 e. The van der Waals surface area contributed by atoms with Crippen LogP contribution in [0.25, 0.3) is 0 Å². The third-order valence-corrected chi connectivity index (χ3v) is 3.68. The highest BCUT2D eigenvalue weighted by Gasteiger charge is 2.15. The monoisotopic (exact) mass is 297 g/mol. The summed E-state index contributed by atoms with van der Waals surface area (Å²) in [7, 11) is 2.20. The average Bonchev–Trinajstić information content (AvgIpc) is 2.30. The first kappa shape index (κ1) is 13.0. The van der Waals surface area contributed by atoms with Crippen molar-refractivity contribution in [2.45, 2.75) is 19.4 Å². The zero-order valence-corrected chi connectivity index (χ0v) is 11.9. The number of rotatable bonds is 4. The third kappa shape index (κ3) is 4.37. The number of nitrogens with zero attached hydrogens (tertiary/aromatic N) is 2. The first-order valence-electron chi connectivity index (χ1n) is 6.23. The fourth-order valence-corrected chi connectivity index (χ4v) is 2.84. The van der Waals surface area contributed by atoms with E-state index in [0.717, 1.165) is 16.9 Å². The Kier molecular flexibility index (Phi) is 4.95. The van der Waals surface area contributed by atoms with Crippen LogP contribution in [-0.4, -0.2) is 36.6 Å². The second kappa shape index (κ2) is 6.47. The highest BCUT2D eigenvalue weighted by atomic mass is 79.9. The molecule has 0 saturated carbocycles. The molecule has 1 aromatic rings. The van der Waals surface area contributed by atoms with Crippen molar-refractivity contribution in [3.05, 3.63) is 28.5 Å². The van der Waals surface area contributed by atoms with Gasteiger partial charge in [-0.2, -0.15) is 0 Å². The Morgan fingerprint density at radius 3 is 2.88 bits per heavy atom. The smallest absolute Gasteiger partial charge is 0.0410 e. The van der Waals surface area contributed by atoms with Gasteiger partial charge in [0, 0.05) is 30.0 Å². The molecule has 94 valence electrons. The second-order valence-electron chi connectivity index (χ2n) is 4.90. The van der Waals surface area contributed by atoms with E-state index in [1.165, 1.54) is 38.0 Å². The van der Waals surface area contributed by atoms with Gasteiger partial charge in [0.1, 0.15) is 0 Å². The van der Waals surface area contributed by atoms with Gasteiger partial charge < -0.3 is 10.2 Å². The van der Waals surface area contributed by atoms with E-state index in [2.05, 4.69) is 44.2 Å². The zero-order valence-electron chi connectivity index (χ0n) is 10.3. The minimum atomic E-state index is 0.848. The Labute approximate surface area is 112 Å². The normalized spacial score (nSPS) is 17.6. The van der Waals surface area contributed by atoms with Crippen LogP contribution in [0.4, 0.5) is 0 Å². The Bertz CT molecular complexity index is 350. The van der Waals surface area contributed by atoms with Gasteiger partial charge in [0.25, 0.3) is 0 Å². The maximum absolute atomic E-state index is 4.20. The lowest BCUT2D eigenvalue weighted by atomic mass is 9.97. The molecule has 4 heteroatoms. The predicted molar refractivity (Wildman–Crippen MR) is 73.9 cm³/mol. The topological polar surface area (TPSA) is 28.2 Å². The van der Waals surface area contributed by atoms with Gasteiger partial charge in [-0.1, -0.05) is 0 Å². The summed E-state index contributed by atoms with van der Waals surface area (Å²) in [5.74, 6) is 0.848. The predicted octanol–water partition coefficient (Wildman–Crippen LogP) is 2.28. The summed E-state index contributed by atoms with van der Waals surface area (Å²) in [6.45, 7) is 4.53. The molecule has 0 radical (unpaired) electrons. The van der Waals surface area contributed by atoms with Gasteiger partial charge >= 0.3 is 0 Å².